The van der Waals surface area contributed by atoms with Gasteiger partial charge in [0.1, 0.15) is 6.54 Å². The van der Waals surface area contributed by atoms with Gasteiger partial charge in [-0.2, -0.15) is 18.3 Å². The number of hydrogen-bond acceptors (Lipinski definition) is 3. The number of carbonyl (C=O) groups is 1. The minimum Gasteiger partial charge on any atom is -0.325 e. The normalized spacial score (nSPS) is 11.7. The van der Waals surface area contributed by atoms with Crippen molar-refractivity contribution < 1.29 is 18.0 Å². The standard InChI is InChI=1S/C20H16F3N5O/c21-20(22,23)19-26-16-7-1-2-8-17(16)28(19)13-18(29)25-15-6-3-5-14(11-15)12-27-10-4-9-24-27/h1-11H,12-13H2,(H,25,29). The summed E-state index contributed by atoms with van der Waals surface area (Å²) in [5.74, 6) is -1.67. The fourth-order valence-corrected chi connectivity index (χ4v) is 3.12. The molecular formula is C20H16F3N5O. The van der Waals surface area contributed by atoms with Crippen molar-refractivity contribution in [1.29, 1.82) is 0 Å². The zero-order chi connectivity index (χ0) is 20.4. The van der Waals surface area contributed by atoms with Gasteiger partial charge >= 0.3 is 6.18 Å². The van der Waals surface area contributed by atoms with Gasteiger partial charge in [0.2, 0.25) is 11.7 Å². The Morgan fingerprint density at radius 3 is 2.66 bits per heavy atom. The first kappa shape index (κ1) is 18.7. The molecule has 0 saturated carbocycles. The van der Waals surface area contributed by atoms with E-state index in [-0.39, 0.29) is 11.0 Å². The predicted molar refractivity (Wildman–Crippen MR) is 101 cm³/mol. The minimum absolute atomic E-state index is 0.189. The van der Waals surface area contributed by atoms with E-state index in [1.54, 1.807) is 47.3 Å². The Morgan fingerprint density at radius 2 is 1.90 bits per heavy atom. The number of rotatable bonds is 5. The number of nitrogens with one attached hydrogen (secondary N) is 1. The lowest BCUT2D eigenvalue weighted by Crippen LogP contribution is -2.23. The molecule has 4 rings (SSSR count). The molecule has 0 spiro atoms. The van der Waals surface area contributed by atoms with Crippen molar-refractivity contribution in [3.05, 3.63) is 78.4 Å². The molecule has 0 bridgehead atoms. The quantitative estimate of drug-likeness (QED) is 0.553. The summed E-state index contributed by atoms with van der Waals surface area (Å²) in [5.41, 5.74) is 1.84. The number of nitrogens with zero attached hydrogens (tertiary/aromatic N) is 4. The number of benzene rings is 2. The third-order valence-electron chi connectivity index (χ3n) is 4.32. The molecule has 0 radical (unpaired) electrons. The molecule has 2 heterocycles. The van der Waals surface area contributed by atoms with E-state index in [0.29, 0.717) is 12.2 Å². The van der Waals surface area contributed by atoms with Crippen molar-refractivity contribution in [2.45, 2.75) is 19.3 Å². The van der Waals surface area contributed by atoms with Gasteiger partial charge in [0, 0.05) is 18.1 Å². The fourth-order valence-electron chi connectivity index (χ4n) is 3.12. The number of carbonyl (C=O) groups excluding carboxylic acids is 1. The number of amides is 1. The molecule has 0 unspecified atom stereocenters. The molecule has 0 aliphatic carbocycles. The van der Waals surface area contributed by atoms with E-state index in [4.69, 9.17) is 0 Å². The van der Waals surface area contributed by atoms with Gasteiger partial charge in [0.25, 0.3) is 0 Å². The molecule has 148 valence electrons. The summed E-state index contributed by atoms with van der Waals surface area (Å²) < 4.78 is 42.7. The highest BCUT2D eigenvalue weighted by Crippen LogP contribution is 2.31. The summed E-state index contributed by atoms with van der Waals surface area (Å²) in [4.78, 5) is 16.1. The van der Waals surface area contributed by atoms with Crippen LogP contribution in [0.4, 0.5) is 18.9 Å². The zero-order valence-electron chi connectivity index (χ0n) is 15.1. The lowest BCUT2D eigenvalue weighted by Gasteiger charge is -2.12. The minimum atomic E-state index is -4.66. The number of para-hydroxylation sites is 2. The number of aromatic nitrogens is 4. The van der Waals surface area contributed by atoms with Gasteiger partial charge in [-0.3, -0.25) is 9.48 Å². The van der Waals surface area contributed by atoms with Gasteiger partial charge in [-0.25, -0.2) is 4.98 Å². The molecule has 6 nitrogen and oxygen atoms in total. The van der Waals surface area contributed by atoms with E-state index >= 15 is 0 Å². The van der Waals surface area contributed by atoms with Crippen LogP contribution in [0.1, 0.15) is 11.4 Å². The Balaban J connectivity index is 1.55. The van der Waals surface area contributed by atoms with E-state index in [9.17, 15) is 18.0 Å². The van der Waals surface area contributed by atoms with Gasteiger partial charge in [0.05, 0.1) is 17.6 Å². The van der Waals surface area contributed by atoms with Crippen LogP contribution in [0.3, 0.4) is 0 Å². The Bertz CT molecular complexity index is 1150. The van der Waals surface area contributed by atoms with Crippen molar-refractivity contribution in [2.24, 2.45) is 0 Å². The van der Waals surface area contributed by atoms with E-state index < -0.39 is 24.5 Å². The maximum Gasteiger partial charge on any atom is 0.449 e. The third-order valence-corrected chi connectivity index (χ3v) is 4.32. The lowest BCUT2D eigenvalue weighted by molar-refractivity contribution is -0.147. The van der Waals surface area contributed by atoms with E-state index in [1.807, 2.05) is 12.3 Å². The maximum atomic E-state index is 13.4. The Hall–Kier alpha value is -3.62. The summed E-state index contributed by atoms with van der Waals surface area (Å²) in [6.07, 6.45) is -1.18. The smallest absolute Gasteiger partial charge is 0.325 e. The van der Waals surface area contributed by atoms with E-state index in [0.717, 1.165) is 10.1 Å². The summed E-state index contributed by atoms with van der Waals surface area (Å²) in [6, 6.07) is 15.1. The molecule has 4 aromatic rings. The van der Waals surface area contributed by atoms with Gasteiger partial charge in [-0.05, 0) is 35.9 Å². The fraction of sp³-hybridized carbons (Fsp3) is 0.150. The molecule has 2 aromatic heterocycles. The first-order valence-electron chi connectivity index (χ1n) is 8.79. The molecular weight excluding hydrogens is 383 g/mol. The highest BCUT2D eigenvalue weighted by atomic mass is 19.4. The van der Waals surface area contributed by atoms with Gasteiger partial charge in [-0.1, -0.05) is 24.3 Å². The molecule has 0 aliphatic heterocycles. The molecule has 0 atom stereocenters. The summed E-state index contributed by atoms with van der Waals surface area (Å²) in [6.45, 7) is 0.0137. The SMILES string of the molecule is O=C(Cn1c(C(F)(F)F)nc2ccccc21)Nc1cccc(Cn2cccn2)c1. The second-order valence-electron chi connectivity index (χ2n) is 6.46. The van der Waals surface area contributed by atoms with Crippen molar-refractivity contribution in [1.82, 2.24) is 19.3 Å². The predicted octanol–water partition coefficient (Wildman–Crippen LogP) is 3.94. The number of hydrogen-bond donors (Lipinski definition) is 1. The molecule has 2 aromatic carbocycles. The van der Waals surface area contributed by atoms with Crippen LogP contribution in [0.15, 0.2) is 67.0 Å². The van der Waals surface area contributed by atoms with Crippen molar-refractivity contribution >= 4 is 22.6 Å². The van der Waals surface area contributed by atoms with Crippen LogP contribution >= 0.6 is 0 Å². The molecule has 29 heavy (non-hydrogen) atoms. The molecule has 0 fully saturated rings. The molecule has 0 saturated heterocycles. The van der Waals surface area contributed by atoms with E-state index in [2.05, 4.69) is 15.4 Å². The monoisotopic (exact) mass is 399 g/mol. The van der Waals surface area contributed by atoms with Crippen molar-refractivity contribution in [2.75, 3.05) is 5.32 Å². The summed E-state index contributed by atoms with van der Waals surface area (Å²) >= 11 is 0. The Kier molecular flexibility index (Phi) is 4.79. The largest absolute Gasteiger partial charge is 0.449 e. The number of anilines is 1. The zero-order valence-corrected chi connectivity index (χ0v) is 15.1. The van der Waals surface area contributed by atoms with Gasteiger partial charge in [0.15, 0.2) is 0 Å². The molecule has 0 aliphatic rings. The summed E-state index contributed by atoms with van der Waals surface area (Å²) in [7, 11) is 0. The van der Waals surface area contributed by atoms with Crippen LogP contribution < -0.4 is 5.32 Å². The van der Waals surface area contributed by atoms with Crippen LogP contribution in [-0.2, 0) is 24.1 Å². The summed E-state index contributed by atoms with van der Waals surface area (Å²) in [5, 5.41) is 6.79. The number of halogens is 3. The highest BCUT2D eigenvalue weighted by Gasteiger charge is 2.38. The second-order valence-corrected chi connectivity index (χ2v) is 6.46. The average Bonchev–Trinajstić information content (AvgIpc) is 3.30. The molecule has 1 N–H and O–H groups in total. The van der Waals surface area contributed by atoms with E-state index in [1.165, 1.54) is 12.1 Å². The molecule has 1 amide bonds. The van der Waals surface area contributed by atoms with Gasteiger partial charge in [-0.15, -0.1) is 0 Å². The molecule has 9 heteroatoms. The van der Waals surface area contributed by atoms with Crippen LogP contribution in [0.5, 0.6) is 0 Å². The van der Waals surface area contributed by atoms with Crippen molar-refractivity contribution in [3.63, 3.8) is 0 Å². The lowest BCUT2D eigenvalue weighted by atomic mass is 10.2. The Morgan fingerprint density at radius 1 is 1.07 bits per heavy atom. The van der Waals surface area contributed by atoms with Crippen molar-refractivity contribution in [3.8, 4) is 0 Å². The number of fused-ring (bicyclic) bond motifs is 1. The third kappa shape index (κ3) is 4.13. The topological polar surface area (TPSA) is 64.7 Å². The Labute approximate surface area is 163 Å². The maximum absolute atomic E-state index is 13.4. The number of imidazole rings is 1. The van der Waals surface area contributed by atoms with Crippen LogP contribution in [0.2, 0.25) is 0 Å². The van der Waals surface area contributed by atoms with Gasteiger partial charge < -0.3 is 9.88 Å². The number of alkyl halides is 3. The first-order valence-corrected chi connectivity index (χ1v) is 8.79. The second kappa shape index (κ2) is 7.42. The highest BCUT2D eigenvalue weighted by molar-refractivity contribution is 5.91. The average molecular weight is 399 g/mol. The van der Waals surface area contributed by atoms with Crippen LogP contribution in [0, 0.1) is 0 Å². The first-order chi connectivity index (χ1) is 13.9. The van der Waals surface area contributed by atoms with Crippen LogP contribution in [-0.4, -0.2) is 25.2 Å². The van der Waals surface area contributed by atoms with Crippen LogP contribution in [0.25, 0.3) is 11.0 Å².